The summed E-state index contributed by atoms with van der Waals surface area (Å²) >= 11 is 0. The number of amides is 2. The molecule has 7 nitrogen and oxygen atoms in total. The molecule has 2 N–H and O–H groups in total. The first-order valence-corrected chi connectivity index (χ1v) is 10.9. The molecular formula is C23H34N2O5. The Labute approximate surface area is 178 Å². The maximum Gasteiger partial charge on any atom is 0.329 e. The van der Waals surface area contributed by atoms with Gasteiger partial charge in [0.15, 0.2) is 6.61 Å². The minimum Gasteiger partial charge on any atom is -0.494 e. The molecule has 1 aliphatic rings. The van der Waals surface area contributed by atoms with Gasteiger partial charge in [0.2, 0.25) is 0 Å². The molecule has 1 aromatic rings. The molecule has 2 rings (SSSR count). The van der Waals surface area contributed by atoms with Crippen LogP contribution in [0.2, 0.25) is 0 Å². The maximum absolute atomic E-state index is 12.5. The average molecular weight is 419 g/mol. The van der Waals surface area contributed by atoms with Crippen molar-refractivity contribution in [3.8, 4) is 5.75 Å². The van der Waals surface area contributed by atoms with Crippen LogP contribution >= 0.6 is 0 Å². The zero-order chi connectivity index (χ0) is 21.9. The van der Waals surface area contributed by atoms with Gasteiger partial charge in [0.05, 0.1) is 6.61 Å². The number of benzene rings is 1. The van der Waals surface area contributed by atoms with E-state index in [-0.39, 0.29) is 24.3 Å². The first kappa shape index (κ1) is 23.7. The van der Waals surface area contributed by atoms with Crippen LogP contribution in [0.15, 0.2) is 24.3 Å². The van der Waals surface area contributed by atoms with Crippen LogP contribution in [0.1, 0.15) is 63.2 Å². The standard InChI is InChI=1S/C23H34N2O5/c1-4-29-19-12-10-18(11-13-19)22(27)25-21(16(2)3)23(28)30-15-20(26)24-14-17-8-6-5-7-9-17/h10-13,16-17,21H,4-9,14-15H2,1-3H3,(H,24,26)(H,25,27)/t21-/m0/s1. The van der Waals surface area contributed by atoms with Gasteiger partial charge in [0.25, 0.3) is 11.8 Å². The van der Waals surface area contributed by atoms with Crippen molar-refractivity contribution in [3.05, 3.63) is 29.8 Å². The number of nitrogens with one attached hydrogen (secondary N) is 2. The monoisotopic (exact) mass is 418 g/mol. The number of carbonyl (C=O) groups excluding carboxylic acids is 3. The Balaban J connectivity index is 1.81. The van der Waals surface area contributed by atoms with Crippen molar-refractivity contribution in [2.45, 2.75) is 58.9 Å². The summed E-state index contributed by atoms with van der Waals surface area (Å²) in [7, 11) is 0. The first-order chi connectivity index (χ1) is 14.4. The highest BCUT2D eigenvalue weighted by Crippen LogP contribution is 2.22. The predicted octanol–water partition coefficient (Wildman–Crippen LogP) is 3.08. The summed E-state index contributed by atoms with van der Waals surface area (Å²) in [6, 6.07) is 5.86. The molecule has 1 fully saturated rings. The Bertz CT molecular complexity index is 696. The second kappa shape index (κ2) is 12.2. The Morgan fingerprint density at radius 3 is 2.33 bits per heavy atom. The van der Waals surface area contributed by atoms with Gasteiger partial charge in [-0.2, -0.15) is 0 Å². The van der Waals surface area contributed by atoms with Crippen LogP contribution in [-0.2, 0) is 14.3 Å². The van der Waals surface area contributed by atoms with Gasteiger partial charge in [-0.15, -0.1) is 0 Å². The summed E-state index contributed by atoms with van der Waals surface area (Å²) in [6.07, 6.45) is 5.94. The van der Waals surface area contributed by atoms with Crippen molar-refractivity contribution in [3.63, 3.8) is 0 Å². The number of hydrogen-bond donors (Lipinski definition) is 2. The second-order valence-electron chi connectivity index (χ2n) is 8.07. The lowest BCUT2D eigenvalue weighted by molar-refractivity contribution is -0.151. The van der Waals surface area contributed by atoms with Gasteiger partial charge < -0.3 is 20.1 Å². The summed E-state index contributed by atoms with van der Waals surface area (Å²) in [4.78, 5) is 37.0. The van der Waals surface area contributed by atoms with Crippen LogP contribution < -0.4 is 15.4 Å². The van der Waals surface area contributed by atoms with Crippen molar-refractivity contribution in [2.24, 2.45) is 11.8 Å². The largest absolute Gasteiger partial charge is 0.494 e. The highest BCUT2D eigenvalue weighted by molar-refractivity contribution is 5.97. The van der Waals surface area contributed by atoms with Crippen LogP contribution in [0.4, 0.5) is 0 Å². The second-order valence-corrected chi connectivity index (χ2v) is 8.07. The Morgan fingerprint density at radius 1 is 1.07 bits per heavy atom. The van der Waals surface area contributed by atoms with E-state index >= 15 is 0 Å². The third kappa shape index (κ3) is 7.69. The molecule has 1 saturated carbocycles. The zero-order valence-electron chi connectivity index (χ0n) is 18.2. The summed E-state index contributed by atoms with van der Waals surface area (Å²) in [5.74, 6) is -0.306. The molecule has 7 heteroatoms. The van der Waals surface area contributed by atoms with Gasteiger partial charge in [-0.05, 0) is 55.9 Å². The molecule has 2 amide bonds. The normalized spacial score (nSPS) is 15.3. The third-order valence-electron chi connectivity index (χ3n) is 5.29. The highest BCUT2D eigenvalue weighted by Gasteiger charge is 2.27. The Hall–Kier alpha value is -2.57. The molecule has 1 aliphatic carbocycles. The van der Waals surface area contributed by atoms with Gasteiger partial charge in [0.1, 0.15) is 11.8 Å². The fourth-order valence-electron chi connectivity index (χ4n) is 3.52. The van der Waals surface area contributed by atoms with E-state index < -0.39 is 12.0 Å². The van der Waals surface area contributed by atoms with Gasteiger partial charge in [0, 0.05) is 12.1 Å². The van der Waals surface area contributed by atoms with Gasteiger partial charge >= 0.3 is 5.97 Å². The molecule has 0 spiro atoms. The molecule has 1 aromatic carbocycles. The summed E-state index contributed by atoms with van der Waals surface area (Å²) < 4.78 is 10.5. The van der Waals surface area contributed by atoms with Crippen LogP contribution in [0.5, 0.6) is 5.75 Å². The number of rotatable bonds is 10. The third-order valence-corrected chi connectivity index (χ3v) is 5.29. The number of ether oxygens (including phenoxy) is 2. The van der Waals surface area contributed by atoms with Gasteiger partial charge in [-0.25, -0.2) is 4.79 Å². The fourth-order valence-corrected chi connectivity index (χ4v) is 3.52. The summed E-state index contributed by atoms with van der Waals surface area (Å²) in [5.41, 5.74) is 0.419. The Kier molecular flexibility index (Phi) is 9.64. The molecule has 30 heavy (non-hydrogen) atoms. The number of carbonyl (C=O) groups is 3. The SMILES string of the molecule is CCOc1ccc(C(=O)N[C@H](C(=O)OCC(=O)NCC2CCCCC2)C(C)C)cc1. The maximum atomic E-state index is 12.5. The van der Waals surface area contributed by atoms with E-state index in [4.69, 9.17) is 9.47 Å². The molecular weight excluding hydrogens is 384 g/mol. The van der Waals surface area contributed by atoms with E-state index in [1.54, 1.807) is 24.3 Å². The summed E-state index contributed by atoms with van der Waals surface area (Å²) in [6.45, 7) is 6.34. The minimum absolute atomic E-state index is 0.186. The lowest BCUT2D eigenvalue weighted by atomic mass is 9.89. The molecule has 0 aromatic heterocycles. The quantitative estimate of drug-likeness (QED) is 0.570. The van der Waals surface area contributed by atoms with Crippen molar-refractivity contribution in [1.29, 1.82) is 0 Å². The summed E-state index contributed by atoms with van der Waals surface area (Å²) in [5, 5.41) is 5.55. The predicted molar refractivity (Wildman–Crippen MR) is 114 cm³/mol. The lowest BCUT2D eigenvalue weighted by Crippen LogP contribution is -2.46. The zero-order valence-corrected chi connectivity index (χ0v) is 18.2. The fraction of sp³-hybridized carbons (Fsp3) is 0.609. The molecule has 0 bridgehead atoms. The Morgan fingerprint density at radius 2 is 1.73 bits per heavy atom. The van der Waals surface area contributed by atoms with Crippen molar-refractivity contribution >= 4 is 17.8 Å². The van der Waals surface area contributed by atoms with Crippen LogP contribution in [0.3, 0.4) is 0 Å². The molecule has 0 saturated heterocycles. The molecule has 0 unspecified atom stereocenters. The van der Waals surface area contributed by atoms with Crippen molar-refractivity contribution < 1.29 is 23.9 Å². The van der Waals surface area contributed by atoms with E-state index in [2.05, 4.69) is 10.6 Å². The molecule has 0 radical (unpaired) electrons. The smallest absolute Gasteiger partial charge is 0.329 e. The van der Waals surface area contributed by atoms with E-state index in [0.717, 1.165) is 12.8 Å². The van der Waals surface area contributed by atoms with E-state index in [1.165, 1.54) is 19.3 Å². The average Bonchev–Trinajstić information content (AvgIpc) is 2.75. The van der Waals surface area contributed by atoms with Crippen LogP contribution in [0, 0.1) is 11.8 Å². The number of esters is 1. The van der Waals surface area contributed by atoms with Crippen LogP contribution in [-0.4, -0.2) is 43.6 Å². The van der Waals surface area contributed by atoms with Gasteiger partial charge in [-0.3, -0.25) is 9.59 Å². The molecule has 0 aliphatic heterocycles. The van der Waals surface area contributed by atoms with Gasteiger partial charge in [-0.1, -0.05) is 33.1 Å². The highest BCUT2D eigenvalue weighted by atomic mass is 16.5. The van der Waals surface area contributed by atoms with Crippen LogP contribution in [0.25, 0.3) is 0 Å². The first-order valence-electron chi connectivity index (χ1n) is 10.9. The van der Waals surface area contributed by atoms with E-state index in [9.17, 15) is 14.4 Å². The van der Waals surface area contributed by atoms with E-state index in [0.29, 0.717) is 30.4 Å². The topological polar surface area (TPSA) is 93.7 Å². The lowest BCUT2D eigenvalue weighted by Gasteiger charge is -2.22. The van der Waals surface area contributed by atoms with E-state index in [1.807, 2.05) is 20.8 Å². The minimum atomic E-state index is -0.838. The number of hydrogen-bond acceptors (Lipinski definition) is 5. The van der Waals surface area contributed by atoms with Crippen molar-refractivity contribution in [2.75, 3.05) is 19.8 Å². The molecule has 1 atom stereocenters. The molecule has 0 heterocycles. The van der Waals surface area contributed by atoms with Crippen molar-refractivity contribution in [1.82, 2.24) is 10.6 Å². The molecule has 166 valence electrons.